The van der Waals surface area contributed by atoms with Gasteiger partial charge in [0.15, 0.2) is 0 Å². The second kappa shape index (κ2) is 13.5. The molecule has 3 aromatic rings. The summed E-state index contributed by atoms with van der Waals surface area (Å²) in [6, 6.07) is 9.62. The molecule has 1 aliphatic rings. The Balaban J connectivity index is 1.91. The van der Waals surface area contributed by atoms with Crippen molar-refractivity contribution in [3.05, 3.63) is 59.8 Å². The third-order valence-electron chi connectivity index (χ3n) is 7.73. The Morgan fingerprint density at radius 1 is 1.20 bits per heavy atom. The van der Waals surface area contributed by atoms with Crippen LogP contribution in [0.3, 0.4) is 0 Å². The number of fused-ring (bicyclic) bond motifs is 4. The number of methoxy groups -OCH3 is 1. The molecule has 2 aromatic heterocycles. The van der Waals surface area contributed by atoms with Gasteiger partial charge in [-0.25, -0.2) is 9.78 Å². The number of carbonyl (C=O) groups is 2. The van der Waals surface area contributed by atoms with Crippen molar-refractivity contribution in [2.45, 2.75) is 66.0 Å². The van der Waals surface area contributed by atoms with Crippen molar-refractivity contribution < 1.29 is 29.1 Å². The minimum atomic E-state index is -1.63. The Morgan fingerprint density at radius 3 is 2.59 bits per heavy atom. The largest absolute Gasteiger partial charge is 0.490 e. The Labute approximate surface area is 259 Å². The minimum absolute atomic E-state index is 0.170. The number of allylic oxidation sites excluding steroid dienone is 1. The van der Waals surface area contributed by atoms with Crippen LogP contribution in [0.15, 0.2) is 42.6 Å². The van der Waals surface area contributed by atoms with Crippen LogP contribution in [-0.2, 0) is 21.0 Å². The number of ether oxygens (including phenoxy) is 2. The first-order valence-corrected chi connectivity index (χ1v) is 18.4. The van der Waals surface area contributed by atoms with Crippen LogP contribution in [0.1, 0.15) is 43.9 Å². The van der Waals surface area contributed by atoms with Crippen molar-refractivity contribution in [1.82, 2.24) is 14.5 Å². The normalized spacial score (nSPS) is 16.0. The Hall–Kier alpha value is -3.78. The molecule has 2 amide bonds. The summed E-state index contributed by atoms with van der Waals surface area (Å²) in [5.41, 5.74) is 4.00. The van der Waals surface area contributed by atoms with E-state index in [-0.39, 0.29) is 18.1 Å². The van der Waals surface area contributed by atoms with Gasteiger partial charge in [0.05, 0.1) is 24.2 Å². The summed E-state index contributed by atoms with van der Waals surface area (Å²) in [4.78, 5) is 35.2. The molecule has 0 fully saturated rings. The fourth-order valence-electron chi connectivity index (χ4n) is 4.80. The van der Waals surface area contributed by atoms with E-state index in [9.17, 15) is 19.6 Å². The Morgan fingerprint density at radius 2 is 1.95 bits per heavy atom. The number of benzene rings is 1. The van der Waals surface area contributed by atoms with Crippen molar-refractivity contribution in [2.24, 2.45) is 5.41 Å². The molecule has 0 spiro atoms. The number of pyridine rings is 1. The monoisotopic (exact) mass is 619 g/mol. The fraction of sp³-hybridized carbons (Fsp3) is 0.419. The lowest BCUT2D eigenvalue weighted by Crippen LogP contribution is -2.31. The molecule has 0 radical (unpaired) electrons. The lowest BCUT2D eigenvalue weighted by Gasteiger charge is -2.24. The molecule has 13 heteroatoms. The summed E-state index contributed by atoms with van der Waals surface area (Å²) < 4.78 is 13.0. The average Bonchev–Trinajstić information content (AvgIpc) is 3.27. The smallest absolute Gasteiger partial charge is 0.453 e. The van der Waals surface area contributed by atoms with Gasteiger partial charge >= 0.3 is 13.2 Å². The maximum Gasteiger partial charge on any atom is 0.490 e. The van der Waals surface area contributed by atoms with E-state index in [1.807, 2.05) is 37.5 Å². The number of anilines is 2. The summed E-state index contributed by atoms with van der Waals surface area (Å²) in [6.45, 7) is 13.5. The number of hydrogen-bond acceptors (Lipinski definition) is 8. The zero-order chi connectivity index (χ0) is 32.2. The molecular weight excluding hydrogens is 577 g/mol. The summed E-state index contributed by atoms with van der Waals surface area (Å²) in [7, 11) is -1.66. The number of amides is 2. The van der Waals surface area contributed by atoms with Gasteiger partial charge < -0.3 is 29.4 Å². The third-order valence-corrected chi connectivity index (χ3v) is 9.43. The number of nitrogens with zero attached hydrogens (tertiary/aromatic N) is 3. The van der Waals surface area contributed by atoms with E-state index in [2.05, 4.69) is 35.3 Å². The maximum atomic E-state index is 13.6. The van der Waals surface area contributed by atoms with E-state index in [0.717, 1.165) is 17.3 Å². The first-order valence-electron chi connectivity index (χ1n) is 14.7. The molecule has 234 valence electrons. The molecule has 0 atom stereocenters. The van der Waals surface area contributed by atoms with Gasteiger partial charge in [0.1, 0.15) is 12.6 Å². The van der Waals surface area contributed by atoms with Crippen molar-refractivity contribution in [1.29, 1.82) is 0 Å². The molecule has 3 heterocycles. The summed E-state index contributed by atoms with van der Waals surface area (Å²) in [5.74, 6) is 0.471. The van der Waals surface area contributed by atoms with Crippen molar-refractivity contribution in [2.75, 3.05) is 24.4 Å². The van der Waals surface area contributed by atoms with Crippen LogP contribution in [-0.4, -0.2) is 65.5 Å². The molecule has 1 aromatic carbocycles. The van der Waals surface area contributed by atoms with Crippen molar-refractivity contribution >= 4 is 49.6 Å². The zero-order valence-electron chi connectivity index (χ0n) is 26.5. The van der Waals surface area contributed by atoms with Gasteiger partial charge in [-0.05, 0) is 50.1 Å². The number of aromatic nitrogens is 3. The molecular formula is C31H42BN5O6Si. The molecule has 44 heavy (non-hydrogen) atoms. The van der Waals surface area contributed by atoms with E-state index in [4.69, 9.17) is 14.5 Å². The lowest BCUT2D eigenvalue weighted by molar-refractivity contribution is -0.124. The quantitative estimate of drug-likeness (QED) is 0.211. The number of hydrogen-bond donors (Lipinski definition) is 4. The average molecular weight is 620 g/mol. The first kappa shape index (κ1) is 33.1. The SMILES string of the molecule is COC(=O)Nc1ccc2c(c1)NC(=O)C(C)(C)CC/C=C(/c1ccc(B(O)O)cn1)c1nc-2c(C)n1COCC[Si](C)(C)C. The Bertz CT molecular complexity index is 1550. The molecule has 1 aliphatic heterocycles. The number of nitrogens with one attached hydrogen (secondary N) is 2. The van der Waals surface area contributed by atoms with Crippen LogP contribution >= 0.6 is 0 Å². The molecule has 4 N–H and O–H groups in total. The van der Waals surface area contributed by atoms with Crippen LogP contribution in [0.4, 0.5) is 16.2 Å². The maximum absolute atomic E-state index is 13.6. The van der Waals surface area contributed by atoms with E-state index in [1.54, 1.807) is 24.3 Å². The van der Waals surface area contributed by atoms with E-state index >= 15 is 0 Å². The topological polar surface area (TPSA) is 148 Å². The van der Waals surface area contributed by atoms with Crippen LogP contribution in [0.2, 0.25) is 25.7 Å². The second-order valence-corrected chi connectivity index (χ2v) is 18.5. The molecule has 0 saturated carbocycles. The third kappa shape index (κ3) is 7.83. The predicted octanol–water partition coefficient (Wildman–Crippen LogP) is 4.61. The van der Waals surface area contributed by atoms with Gasteiger partial charge in [-0.15, -0.1) is 0 Å². The van der Waals surface area contributed by atoms with E-state index in [0.29, 0.717) is 53.6 Å². The fourth-order valence-corrected chi connectivity index (χ4v) is 5.55. The van der Waals surface area contributed by atoms with Gasteiger partial charge in [0.25, 0.3) is 0 Å². The highest BCUT2D eigenvalue weighted by molar-refractivity contribution is 6.76. The van der Waals surface area contributed by atoms with Gasteiger partial charge in [-0.2, -0.15) is 0 Å². The van der Waals surface area contributed by atoms with Crippen LogP contribution in [0.5, 0.6) is 0 Å². The van der Waals surface area contributed by atoms with Crippen LogP contribution in [0, 0.1) is 12.3 Å². The van der Waals surface area contributed by atoms with Gasteiger partial charge in [-0.3, -0.25) is 15.1 Å². The molecule has 2 bridgehead atoms. The zero-order valence-corrected chi connectivity index (χ0v) is 27.5. The van der Waals surface area contributed by atoms with E-state index in [1.165, 1.54) is 13.3 Å². The molecule has 11 nitrogen and oxygen atoms in total. The summed E-state index contributed by atoms with van der Waals surface area (Å²) >= 11 is 0. The van der Waals surface area contributed by atoms with Crippen LogP contribution in [0.25, 0.3) is 16.8 Å². The minimum Gasteiger partial charge on any atom is -0.453 e. The highest BCUT2D eigenvalue weighted by atomic mass is 28.3. The van der Waals surface area contributed by atoms with Gasteiger partial charge in [-0.1, -0.05) is 45.6 Å². The van der Waals surface area contributed by atoms with Gasteiger partial charge in [0.2, 0.25) is 5.91 Å². The first-order chi connectivity index (χ1) is 20.7. The highest BCUT2D eigenvalue weighted by Gasteiger charge is 2.30. The Kier molecular flexibility index (Phi) is 10.1. The van der Waals surface area contributed by atoms with Crippen LogP contribution < -0.4 is 16.1 Å². The molecule has 0 unspecified atom stereocenters. The summed E-state index contributed by atoms with van der Waals surface area (Å²) in [5, 5.41) is 25.0. The van der Waals surface area contributed by atoms with E-state index < -0.39 is 26.7 Å². The number of rotatable bonds is 8. The second-order valence-electron chi connectivity index (χ2n) is 12.9. The predicted molar refractivity (Wildman–Crippen MR) is 175 cm³/mol. The van der Waals surface area contributed by atoms with Gasteiger partial charge in [0, 0.05) is 54.3 Å². The number of carbonyl (C=O) groups excluding carboxylic acids is 2. The molecule has 0 saturated heterocycles. The standard InChI is InChI=1S/C31H42BN5O6Si/c1-20-27-23-12-11-22(34-30(39)42-4)17-26(23)35-29(38)31(2,3)14-8-9-24(25-13-10-21(18-33-25)32(40)41)28(36-27)37(20)19-43-15-16-44(5,6)7/h9-13,17-18,40-41H,8,14-16,19H2,1-7H3,(H,34,39)(H,35,38)/b24-9-. The van der Waals surface area contributed by atoms with Crippen molar-refractivity contribution in [3.63, 3.8) is 0 Å². The lowest BCUT2D eigenvalue weighted by atomic mass is 9.81. The summed E-state index contributed by atoms with van der Waals surface area (Å²) in [6.07, 6.45) is 3.93. The highest BCUT2D eigenvalue weighted by Crippen LogP contribution is 2.38. The molecule has 0 aliphatic carbocycles. The number of imidazole rings is 1. The molecule has 4 rings (SSSR count). The van der Waals surface area contributed by atoms with Crippen molar-refractivity contribution in [3.8, 4) is 11.3 Å².